The molecule has 7 heteroatoms. The van der Waals surface area contributed by atoms with E-state index < -0.39 is 0 Å². The average molecular weight is 306 g/mol. The highest BCUT2D eigenvalue weighted by molar-refractivity contribution is 7.80. The van der Waals surface area contributed by atoms with Crippen LogP contribution in [-0.2, 0) is 4.79 Å². The van der Waals surface area contributed by atoms with Crippen molar-refractivity contribution in [1.82, 2.24) is 16.2 Å². The van der Waals surface area contributed by atoms with Crippen molar-refractivity contribution in [3.63, 3.8) is 0 Å². The largest absolute Gasteiger partial charge is 0.358 e. The fourth-order valence-electron chi connectivity index (χ4n) is 1.35. The standard InChI is InChI=1S/C14H18N4O2S/c1-3-9-15-14(21)18-17-13(20)10-5-7-11(8-6-10)16-12(19)4-2/h3,5-8H,1,4,9H2,2H3,(H,16,19)(H,17,20)(H2,15,18,21). The molecule has 0 fully saturated rings. The summed E-state index contributed by atoms with van der Waals surface area (Å²) in [6.45, 7) is 5.82. The fraction of sp³-hybridized carbons (Fsp3) is 0.214. The Morgan fingerprint density at radius 3 is 2.48 bits per heavy atom. The number of hydrogen-bond acceptors (Lipinski definition) is 3. The van der Waals surface area contributed by atoms with Crippen LogP contribution >= 0.6 is 12.2 Å². The second kappa shape index (κ2) is 8.70. The lowest BCUT2D eigenvalue weighted by atomic mass is 10.2. The van der Waals surface area contributed by atoms with Crippen molar-refractivity contribution in [2.45, 2.75) is 13.3 Å². The molecule has 0 aliphatic carbocycles. The summed E-state index contributed by atoms with van der Waals surface area (Å²) < 4.78 is 0. The topological polar surface area (TPSA) is 82.3 Å². The lowest BCUT2D eigenvalue weighted by Crippen LogP contribution is -2.46. The van der Waals surface area contributed by atoms with Gasteiger partial charge in [0.05, 0.1) is 0 Å². The molecule has 1 aromatic rings. The van der Waals surface area contributed by atoms with E-state index in [1.807, 2.05) is 0 Å². The molecule has 0 aliphatic heterocycles. The van der Waals surface area contributed by atoms with E-state index in [0.29, 0.717) is 29.3 Å². The monoisotopic (exact) mass is 306 g/mol. The second-order valence-electron chi connectivity index (χ2n) is 4.06. The summed E-state index contributed by atoms with van der Waals surface area (Å²) in [5, 5.41) is 5.82. The molecule has 112 valence electrons. The maximum absolute atomic E-state index is 11.8. The highest BCUT2D eigenvalue weighted by Gasteiger charge is 2.06. The molecule has 0 heterocycles. The Balaban J connectivity index is 2.49. The molecule has 0 unspecified atom stereocenters. The van der Waals surface area contributed by atoms with Gasteiger partial charge >= 0.3 is 0 Å². The van der Waals surface area contributed by atoms with Crippen LogP contribution in [-0.4, -0.2) is 23.5 Å². The number of rotatable bonds is 5. The van der Waals surface area contributed by atoms with Crippen LogP contribution in [0.15, 0.2) is 36.9 Å². The van der Waals surface area contributed by atoms with Crippen molar-refractivity contribution < 1.29 is 9.59 Å². The van der Waals surface area contributed by atoms with Crippen LogP contribution in [0.2, 0.25) is 0 Å². The Morgan fingerprint density at radius 2 is 1.90 bits per heavy atom. The number of hydrogen-bond donors (Lipinski definition) is 4. The molecule has 21 heavy (non-hydrogen) atoms. The summed E-state index contributed by atoms with van der Waals surface area (Å²) in [5.41, 5.74) is 6.14. The van der Waals surface area contributed by atoms with Gasteiger partial charge in [-0.15, -0.1) is 6.58 Å². The molecular formula is C14H18N4O2S. The summed E-state index contributed by atoms with van der Waals surface area (Å²) in [7, 11) is 0. The number of anilines is 1. The fourth-order valence-corrected chi connectivity index (χ4v) is 1.48. The van der Waals surface area contributed by atoms with Crippen LogP contribution in [0.5, 0.6) is 0 Å². The molecule has 0 saturated heterocycles. The van der Waals surface area contributed by atoms with E-state index >= 15 is 0 Å². The van der Waals surface area contributed by atoms with Crippen molar-refractivity contribution in [1.29, 1.82) is 0 Å². The van der Waals surface area contributed by atoms with E-state index in [1.165, 1.54) is 0 Å². The zero-order valence-corrected chi connectivity index (χ0v) is 12.5. The molecule has 0 radical (unpaired) electrons. The number of hydrazine groups is 1. The third-order valence-electron chi connectivity index (χ3n) is 2.45. The maximum atomic E-state index is 11.8. The smallest absolute Gasteiger partial charge is 0.269 e. The molecule has 1 rings (SSSR count). The first-order valence-corrected chi connectivity index (χ1v) is 6.82. The Kier molecular flexibility index (Phi) is 6.90. The second-order valence-corrected chi connectivity index (χ2v) is 4.47. The van der Waals surface area contributed by atoms with Crippen LogP contribution in [0.4, 0.5) is 5.69 Å². The molecule has 0 atom stereocenters. The lowest BCUT2D eigenvalue weighted by Gasteiger charge is -2.10. The molecule has 4 N–H and O–H groups in total. The molecule has 2 amide bonds. The number of amides is 2. The van der Waals surface area contributed by atoms with Gasteiger partial charge in [-0.2, -0.15) is 0 Å². The van der Waals surface area contributed by atoms with Gasteiger partial charge in [-0.25, -0.2) is 0 Å². The quantitative estimate of drug-likeness (QED) is 0.375. The molecule has 0 spiro atoms. The van der Waals surface area contributed by atoms with Gasteiger partial charge in [-0.05, 0) is 36.5 Å². The van der Waals surface area contributed by atoms with Crippen molar-refractivity contribution >= 4 is 34.8 Å². The summed E-state index contributed by atoms with van der Waals surface area (Å²) in [5.74, 6) is -0.404. The van der Waals surface area contributed by atoms with E-state index in [-0.39, 0.29) is 11.8 Å². The van der Waals surface area contributed by atoms with Crippen LogP contribution in [0.1, 0.15) is 23.7 Å². The molecule has 0 aliphatic rings. The van der Waals surface area contributed by atoms with Gasteiger partial charge in [0.25, 0.3) is 5.91 Å². The van der Waals surface area contributed by atoms with Gasteiger partial charge in [0.15, 0.2) is 5.11 Å². The molecule has 1 aromatic carbocycles. The minimum absolute atomic E-state index is 0.0764. The third-order valence-corrected chi connectivity index (χ3v) is 2.69. The van der Waals surface area contributed by atoms with Gasteiger partial charge in [0.1, 0.15) is 0 Å². The minimum Gasteiger partial charge on any atom is -0.358 e. The summed E-state index contributed by atoms with van der Waals surface area (Å²) in [6.07, 6.45) is 2.06. The summed E-state index contributed by atoms with van der Waals surface area (Å²) >= 11 is 4.94. The number of carbonyl (C=O) groups excluding carboxylic acids is 2. The first kappa shape index (κ1) is 16.6. The van der Waals surface area contributed by atoms with Crippen molar-refractivity contribution in [3.8, 4) is 0 Å². The van der Waals surface area contributed by atoms with E-state index in [4.69, 9.17) is 12.2 Å². The Hall–Kier alpha value is -2.41. The maximum Gasteiger partial charge on any atom is 0.269 e. The van der Waals surface area contributed by atoms with Crippen LogP contribution in [0.25, 0.3) is 0 Å². The summed E-state index contributed by atoms with van der Waals surface area (Å²) in [6, 6.07) is 6.55. The van der Waals surface area contributed by atoms with E-state index in [2.05, 4.69) is 28.1 Å². The first-order valence-electron chi connectivity index (χ1n) is 6.41. The highest BCUT2D eigenvalue weighted by Crippen LogP contribution is 2.09. The molecule has 0 bridgehead atoms. The Morgan fingerprint density at radius 1 is 1.24 bits per heavy atom. The van der Waals surface area contributed by atoms with E-state index in [1.54, 1.807) is 37.3 Å². The molecule has 0 aromatic heterocycles. The zero-order valence-electron chi connectivity index (χ0n) is 11.7. The Bertz CT molecular complexity index is 528. The van der Waals surface area contributed by atoms with Crippen molar-refractivity contribution in [2.24, 2.45) is 0 Å². The van der Waals surface area contributed by atoms with Gasteiger partial charge in [-0.3, -0.25) is 20.4 Å². The van der Waals surface area contributed by atoms with E-state index in [9.17, 15) is 9.59 Å². The van der Waals surface area contributed by atoms with Crippen LogP contribution in [0, 0.1) is 0 Å². The zero-order chi connectivity index (χ0) is 15.7. The lowest BCUT2D eigenvalue weighted by molar-refractivity contribution is -0.115. The molecule has 6 nitrogen and oxygen atoms in total. The average Bonchev–Trinajstić information content (AvgIpc) is 2.51. The van der Waals surface area contributed by atoms with Gasteiger partial charge in [-0.1, -0.05) is 13.0 Å². The number of carbonyl (C=O) groups is 2. The normalized spacial score (nSPS) is 9.38. The molecular weight excluding hydrogens is 288 g/mol. The van der Waals surface area contributed by atoms with Gasteiger partial charge in [0, 0.05) is 24.2 Å². The Labute approximate surface area is 129 Å². The van der Waals surface area contributed by atoms with Crippen LogP contribution < -0.4 is 21.5 Å². The predicted octanol–water partition coefficient (Wildman–Crippen LogP) is 1.33. The first-order chi connectivity index (χ1) is 10.1. The van der Waals surface area contributed by atoms with Crippen molar-refractivity contribution in [3.05, 3.63) is 42.5 Å². The van der Waals surface area contributed by atoms with E-state index in [0.717, 1.165) is 0 Å². The SMILES string of the molecule is C=CCNC(=S)NNC(=O)c1ccc(NC(=O)CC)cc1. The third kappa shape index (κ3) is 6.05. The highest BCUT2D eigenvalue weighted by atomic mass is 32.1. The molecule has 0 saturated carbocycles. The predicted molar refractivity (Wildman–Crippen MR) is 86.8 cm³/mol. The number of nitrogens with one attached hydrogen (secondary N) is 4. The minimum atomic E-state index is -0.328. The van der Waals surface area contributed by atoms with Crippen LogP contribution in [0.3, 0.4) is 0 Å². The van der Waals surface area contributed by atoms with Gasteiger partial charge < -0.3 is 10.6 Å². The summed E-state index contributed by atoms with van der Waals surface area (Å²) in [4.78, 5) is 23.1. The number of thiocarbonyl (C=S) groups is 1. The van der Waals surface area contributed by atoms with Crippen molar-refractivity contribution in [2.75, 3.05) is 11.9 Å². The van der Waals surface area contributed by atoms with Gasteiger partial charge in [0.2, 0.25) is 5.91 Å². The number of benzene rings is 1.